The maximum Gasteiger partial charge on any atom is 0.241 e. The maximum atomic E-state index is 12.0. The predicted molar refractivity (Wildman–Crippen MR) is 81.4 cm³/mol. The molecule has 1 amide bonds. The maximum absolute atomic E-state index is 12.0. The molecule has 2 aromatic rings. The molecule has 0 aliphatic rings. The van der Waals surface area contributed by atoms with Gasteiger partial charge in [0.1, 0.15) is 0 Å². The molecule has 1 atom stereocenters. The number of phenols is 1. The van der Waals surface area contributed by atoms with Crippen LogP contribution >= 0.6 is 0 Å². The zero-order valence-corrected chi connectivity index (χ0v) is 11.7. The molecule has 2 rings (SSSR count). The van der Waals surface area contributed by atoms with Crippen LogP contribution in [0, 0.1) is 0 Å². The van der Waals surface area contributed by atoms with Crippen LogP contribution in [-0.2, 0) is 11.2 Å². The highest BCUT2D eigenvalue weighted by Crippen LogP contribution is 2.28. The van der Waals surface area contributed by atoms with E-state index in [4.69, 9.17) is 10.5 Å². The molecule has 2 aromatic carbocycles. The Morgan fingerprint density at radius 3 is 2.62 bits per heavy atom. The standard InChI is InChI=1S/C16H18N2O3/c1-21-15-8-7-12(10-14(15)19)18-16(20)13(17)9-11-5-3-2-4-6-11/h2-8,10,13,19H,9,17H2,1H3,(H,18,20)/t13-/m0/s1. The van der Waals surface area contributed by atoms with Gasteiger partial charge in [0.25, 0.3) is 0 Å². The molecule has 0 aromatic heterocycles. The third-order valence-corrected chi connectivity index (χ3v) is 3.08. The molecule has 0 bridgehead atoms. The third-order valence-electron chi connectivity index (χ3n) is 3.08. The second-order valence-electron chi connectivity index (χ2n) is 4.67. The fraction of sp³-hybridized carbons (Fsp3) is 0.188. The minimum Gasteiger partial charge on any atom is -0.504 e. The Morgan fingerprint density at radius 1 is 1.29 bits per heavy atom. The summed E-state index contributed by atoms with van der Waals surface area (Å²) in [6.45, 7) is 0. The van der Waals surface area contributed by atoms with Crippen LogP contribution in [0.25, 0.3) is 0 Å². The Labute approximate surface area is 123 Å². The highest BCUT2D eigenvalue weighted by Gasteiger charge is 2.15. The van der Waals surface area contributed by atoms with E-state index in [1.807, 2.05) is 30.3 Å². The topological polar surface area (TPSA) is 84.6 Å². The highest BCUT2D eigenvalue weighted by molar-refractivity contribution is 5.95. The number of rotatable bonds is 5. The molecule has 110 valence electrons. The van der Waals surface area contributed by atoms with Crippen molar-refractivity contribution in [2.24, 2.45) is 5.73 Å². The second-order valence-corrected chi connectivity index (χ2v) is 4.67. The quantitative estimate of drug-likeness (QED) is 0.784. The van der Waals surface area contributed by atoms with Gasteiger partial charge in [0.15, 0.2) is 11.5 Å². The minimum absolute atomic E-state index is 0.0352. The molecular weight excluding hydrogens is 268 g/mol. The molecule has 5 heteroatoms. The van der Waals surface area contributed by atoms with Crippen LogP contribution in [0.5, 0.6) is 11.5 Å². The number of phenolic OH excluding ortho intramolecular Hbond substituents is 1. The largest absolute Gasteiger partial charge is 0.504 e. The summed E-state index contributed by atoms with van der Waals surface area (Å²) in [5.74, 6) is 0.0110. The normalized spacial score (nSPS) is 11.7. The number of amides is 1. The Kier molecular flexibility index (Phi) is 4.79. The monoisotopic (exact) mass is 286 g/mol. The van der Waals surface area contributed by atoms with Crippen molar-refractivity contribution in [3.8, 4) is 11.5 Å². The molecule has 0 spiro atoms. The van der Waals surface area contributed by atoms with Crippen LogP contribution in [0.1, 0.15) is 5.56 Å². The number of methoxy groups -OCH3 is 1. The van der Waals surface area contributed by atoms with E-state index in [9.17, 15) is 9.90 Å². The van der Waals surface area contributed by atoms with Crippen LogP contribution in [0.3, 0.4) is 0 Å². The number of nitrogens with one attached hydrogen (secondary N) is 1. The summed E-state index contributed by atoms with van der Waals surface area (Å²) in [6, 6.07) is 13.6. The van der Waals surface area contributed by atoms with Crippen molar-refractivity contribution in [1.82, 2.24) is 0 Å². The lowest BCUT2D eigenvalue weighted by Crippen LogP contribution is -2.37. The molecule has 0 saturated carbocycles. The van der Waals surface area contributed by atoms with Gasteiger partial charge in [-0.05, 0) is 24.1 Å². The van der Waals surface area contributed by atoms with Crippen LogP contribution in [-0.4, -0.2) is 24.2 Å². The number of hydrogen-bond donors (Lipinski definition) is 3. The predicted octanol–water partition coefficient (Wildman–Crippen LogP) is 1.91. The van der Waals surface area contributed by atoms with Gasteiger partial charge < -0.3 is 20.9 Å². The summed E-state index contributed by atoms with van der Waals surface area (Å²) in [7, 11) is 1.46. The molecule has 5 nitrogen and oxygen atoms in total. The number of anilines is 1. The first-order valence-corrected chi connectivity index (χ1v) is 6.57. The Balaban J connectivity index is 1.99. The lowest BCUT2D eigenvalue weighted by atomic mass is 10.1. The fourth-order valence-corrected chi connectivity index (χ4v) is 1.96. The minimum atomic E-state index is -0.656. The van der Waals surface area contributed by atoms with E-state index >= 15 is 0 Å². The lowest BCUT2D eigenvalue weighted by molar-refractivity contribution is -0.117. The van der Waals surface area contributed by atoms with Gasteiger partial charge in [0.05, 0.1) is 13.2 Å². The lowest BCUT2D eigenvalue weighted by Gasteiger charge is -2.13. The van der Waals surface area contributed by atoms with E-state index in [0.29, 0.717) is 17.9 Å². The van der Waals surface area contributed by atoms with Crippen molar-refractivity contribution >= 4 is 11.6 Å². The number of benzene rings is 2. The van der Waals surface area contributed by atoms with Crippen molar-refractivity contribution in [3.63, 3.8) is 0 Å². The first-order valence-electron chi connectivity index (χ1n) is 6.57. The van der Waals surface area contributed by atoms with E-state index in [-0.39, 0.29) is 11.7 Å². The van der Waals surface area contributed by atoms with Crippen molar-refractivity contribution in [2.75, 3.05) is 12.4 Å². The fourth-order valence-electron chi connectivity index (χ4n) is 1.96. The summed E-state index contributed by atoms with van der Waals surface area (Å²) in [4.78, 5) is 12.0. The zero-order chi connectivity index (χ0) is 15.2. The summed E-state index contributed by atoms with van der Waals surface area (Å²) in [5, 5.41) is 12.3. The van der Waals surface area contributed by atoms with Gasteiger partial charge in [0.2, 0.25) is 5.91 Å². The van der Waals surface area contributed by atoms with Gasteiger partial charge in [-0.2, -0.15) is 0 Å². The molecule has 0 fully saturated rings. The van der Waals surface area contributed by atoms with Crippen LogP contribution in [0.15, 0.2) is 48.5 Å². The number of hydrogen-bond acceptors (Lipinski definition) is 4. The molecule has 0 unspecified atom stereocenters. The first kappa shape index (κ1) is 14.9. The van der Waals surface area contributed by atoms with Gasteiger partial charge in [-0.25, -0.2) is 0 Å². The highest BCUT2D eigenvalue weighted by atomic mass is 16.5. The molecular formula is C16H18N2O3. The van der Waals surface area contributed by atoms with Gasteiger partial charge in [0, 0.05) is 11.8 Å². The number of nitrogens with two attached hydrogens (primary N) is 1. The van der Waals surface area contributed by atoms with Gasteiger partial charge in [-0.3, -0.25) is 4.79 Å². The zero-order valence-electron chi connectivity index (χ0n) is 11.7. The molecule has 0 saturated heterocycles. The summed E-state index contributed by atoms with van der Waals surface area (Å²) in [6.07, 6.45) is 0.453. The van der Waals surface area contributed by atoms with E-state index in [0.717, 1.165) is 5.56 Å². The van der Waals surface area contributed by atoms with E-state index in [1.165, 1.54) is 13.2 Å². The van der Waals surface area contributed by atoms with Crippen molar-refractivity contribution in [2.45, 2.75) is 12.5 Å². The Hall–Kier alpha value is -2.53. The molecule has 4 N–H and O–H groups in total. The number of aromatic hydroxyl groups is 1. The summed E-state index contributed by atoms with van der Waals surface area (Å²) >= 11 is 0. The van der Waals surface area contributed by atoms with Crippen LogP contribution in [0.2, 0.25) is 0 Å². The summed E-state index contributed by atoms with van der Waals surface area (Å²) < 4.78 is 4.94. The van der Waals surface area contributed by atoms with E-state index in [1.54, 1.807) is 12.1 Å². The third kappa shape index (κ3) is 3.97. The molecule has 21 heavy (non-hydrogen) atoms. The number of ether oxygens (including phenoxy) is 1. The molecule has 0 radical (unpaired) electrons. The second kappa shape index (κ2) is 6.76. The molecule has 0 aliphatic carbocycles. The van der Waals surface area contributed by atoms with Gasteiger partial charge >= 0.3 is 0 Å². The Morgan fingerprint density at radius 2 is 2.00 bits per heavy atom. The molecule has 0 heterocycles. The van der Waals surface area contributed by atoms with E-state index < -0.39 is 6.04 Å². The van der Waals surface area contributed by atoms with Gasteiger partial charge in [-0.1, -0.05) is 30.3 Å². The number of carbonyl (C=O) groups excluding carboxylic acids is 1. The van der Waals surface area contributed by atoms with Crippen molar-refractivity contribution < 1.29 is 14.6 Å². The average molecular weight is 286 g/mol. The Bertz CT molecular complexity index is 614. The van der Waals surface area contributed by atoms with E-state index in [2.05, 4.69) is 5.32 Å². The van der Waals surface area contributed by atoms with Crippen molar-refractivity contribution in [1.29, 1.82) is 0 Å². The van der Waals surface area contributed by atoms with Crippen LogP contribution < -0.4 is 15.8 Å². The smallest absolute Gasteiger partial charge is 0.241 e. The summed E-state index contributed by atoms with van der Waals surface area (Å²) in [5.41, 5.74) is 7.36. The number of carbonyl (C=O) groups is 1. The van der Waals surface area contributed by atoms with Gasteiger partial charge in [-0.15, -0.1) is 0 Å². The van der Waals surface area contributed by atoms with Crippen molar-refractivity contribution in [3.05, 3.63) is 54.1 Å². The SMILES string of the molecule is COc1ccc(NC(=O)[C@@H](N)Cc2ccccc2)cc1O. The van der Waals surface area contributed by atoms with Crippen LogP contribution in [0.4, 0.5) is 5.69 Å². The molecule has 0 aliphatic heterocycles. The first-order chi connectivity index (χ1) is 10.1. The average Bonchev–Trinajstić information content (AvgIpc) is 2.48.